The lowest BCUT2D eigenvalue weighted by atomic mass is 10.1. The second kappa shape index (κ2) is 4.91. The minimum Gasteiger partial charge on any atom is -0.493 e. The third-order valence-electron chi connectivity index (χ3n) is 2.67. The Balaban J connectivity index is 2.57. The second-order valence-electron chi connectivity index (χ2n) is 3.82. The first-order valence-corrected chi connectivity index (χ1v) is 5.44. The Morgan fingerprint density at radius 1 is 1.17 bits per heavy atom. The fourth-order valence-corrected chi connectivity index (χ4v) is 1.75. The van der Waals surface area contributed by atoms with Gasteiger partial charge in [-0.1, -0.05) is 0 Å². The van der Waals surface area contributed by atoms with Gasteiger partial charge < -0.3 is 14.5 Å². The highest BCUT2D eigenvalue weighted by molar-refractivity contribution is 5.66. The van der Waals surface area contributed by atoms with Gasteiger partial charge in [0.25, 0.3) is 0 Å². The summed E-state index contributed by atoms with van der Waals surface area (Å²) in [6.45, 7) is 1.88. The molecule has 1 heterocycles. The average molecular weight is 246 g/mol. The van der Waals surface area contributed by atoms with E-state index in [-0.39, 0.29) is 5.69 Å². The zero-order valence-electron chi connectivity index (χ0n) is 10.5. The molecule has 0 aliphatic carbocycles. The van der Waals surface area contributed by atoms with Gasteiger partial charge in [-0.05, 0) is 30.7 Å². The van der Waals surface area contributed by atoms with Gasteiger partial charge in [0.1, 0.15) is 0 Å². The summed E-state index contributed by atoms with van der Waals surface area (Å²) in [4.78, 5) is 17.7. The van der Waals surface area contributed by atoms with Gasteiger partial charge in [0.05, 0.1) is 19.9 Å². The molecule has 1 N–H and O–H groups in total. The van der Waals surface area contributed by atoms with Crippen LogP contribution in [0.3, 0.4) is 0 Å². The number of aromatic amines is 1. The number of ether oxygens (including phenoxy) is 2. The summed E-state index contributed by atoms with van der Waals surface area (Å²) in [5, 5.41) is 0. The van der Waals surface area contributed by atoms with E-state index in [2.05, 4.69) is 9.97 Å². The first kappa shape index (κ1) is 12.2. The van der Waals surface area contributed by atoms with Gasteiger partial charge in [0.2, 0.25) is 0 Å². The lowest BCUT2D eigenvalue weighted by Gasteiger charge is -2.10. The highest BCUT2D eigenvalue weighted by Gasteiger charge is 2.08. The first-order valence-electron chi connectivity index (χ1n) is 5.44. The lowest BCUT2D eigenvalue weighted by molar-refractivity contribution is 0.355. The third kappa shape index (κ3) is 2.20. The number of aromatic nitrogens is 2. The Kier molecular flexibility index (Phi) is 3.32. The molecule has 0 saturated heterocycles. The number of methoxy groups -OCH3 is 2. The molecule has 0 fully saturated rings. The van der Waals surface area contributed by atoms with E-state index in [9.17, 15) is 4.79 Å². The van der Waals surface area contributed by atoms with Crippen molar-refractivity contribution in [1.82, 2.24) is 9.97 Å². The predicted molar refractivity (Wildman–Crippen MR) is 68.1 cm³/mol. The fourth-order valence-electron chi connectivity index (χ4n) is 1.75. The molecular weight excluding hydrogens is 232 g/mol. The summed E-state index contributed by atoms with van der Waals surface area (Å²) in [5.74, 6) is 1.27. The number of hydrogen-bond donors (Lipinski definition) is 1. The van der Waals surface area contributed by atoms with Crippen LogP contribution < -0.4 is 15.2 Å². The van der Waals surface area contributed by atoms with Crippen molar-refractivity contribution in [3.63, 3.8) is 0 Å². The largest absolute Gasteiger partial charge is 0.493 e. The molecule has 94 valence electrons. The van der Waals surface area contributed by atoms with E-state index >= 15 is 0 Å². The minimum absolute atomic E-state index is 0.370. The summed E-state index contributed by atoms with van der Waals surface area (Å²) >= 11 is 0. The van der Waals surface area contributed by atoms with Gasteiger partial charge in [0, 0.05) is 11.8 Å². The maximum Gasteiger partial charge on any atom is 0.345 e. The molecule has 0 atom stereocenters. The molecule has 5 nitrogen and oxygen atoms in total. The number of rotatable bonds is 3. The average Bonchev–Trinajstić information content (AvgIpc) is 2.40. The van der Waals surface area contributed by atoms with Gasteiger partial charge in [0.15, 0.2) is 11.5 Å². The topological polar surface area (TPSA) is 64.2 Å². The normalized spacial score (nSPS) is 10.2. The number of benzene rings is 1. The van der Waals surface area contributed by atoms with Gasteiger partial charge in [-0.3, -0.25) is 0 Å². The van der Waals surface area contributed by atoms with E-state index in [0.717, 1.165) is 16.8 Å². The van der Waals surface area contributed by atoms with E-state index in [1.807, 2.05) is 19.1 Å². The van der Waals surface area contributed by atoms with E-state index in [1.54, 1.807) is 26.5 Å². The highest BCUT2D eigenvalue weighted by atomic mass is 16.5. The Bertz CT molecular complexity index is 620. The Hall–Kier alpha value is -2.30. The molecule has 2 rings (SSSR count). The van der Waals surface area contributed by atoms with Crippen LogP contribution in [0.4, 0.5) is 0 Å². The van der Waals surface area contributed by atoms with Crippen molar-refractivity contribution < 1.29 is 9.47 Å². The van der Waals surface area contributed by atoms with Crippen molar-refractivity contribution in [2.75, 3.05) is 14.2 Å². The molecule has 18 heavy (non-hydrogen) atoms. The van der Waals surface area contributed by atoms with E-state index in [0.29, 0.717) is 11.5 Å². The molecule has 0 spiro atoms. The number of H-pyrrole nitrogens is 1. The fraction of sp³-hybridized carbons (Fsp3) is 0.231. The zero-order valence-corrected chi connectivity index (χ0v) is 10.5. The van der Waals surface area contributed by atoms with Crippen molar-refractivity contribution >= 4 is 0 Å². The molecule has 2 aromatic rings. The van der Waals surface area contributed by atoms with Gasteiger partial charge >= 0.3 is 5.69 Å². The molecule has 0 saturated carbocycles. The van der Waals surface area contributed by atoms with Crippen LogP contribution in [-0.4, -0.2) is 24.2 Å². The van der Waals surface area contributed by atoms with Crippen LogP contribution in [0.2, 0.25) is 0 Å². The van der Waals surface area contributed by atoms with Crippen LogP contribution in [0.5, 0.6) is 11.5 Å². The standard InChI is InChI=1S/C13H14N2O3/c1-8-7-14-13(16)15-12(8)9-4-5-10(17-2)11(6-9)18-3/h4-7H,1-3H3,(H,14,15,16). The molecule has 1 aromatic heterocycles. The van der Waals surface area contributed by atoms with Gasteiger partial charge in [-0.25, -0.2) is 9.78 Å². The quantitative estimate of drug-likeness (QED) is 0.896. The van der Waals surface area contributed by atoms with Crippen molar-refractivity contribution in [3.05, 3.63) is 40.4 Å². The maximum absolute atomic E-state index is 11.3. The SMILES string of the molecule is COc1ccc(-c2[nH]c(=O)ncc2C)cc1OC. The number of nitrogens with zero attached hydrogens (tertiary/aromatic N) is 1. The van der Waals surface area contributed by atoms with Crippen molar-refractivity contribution in [1.29, 1.82) is 0 Å². The van der Waals surface area contributed by atoms with E-state index in [1.165, 1.54) is 0 Å². The molecule has 5 heteroatoms. The lowest BCUT2D eigenvalue weighted by Crippen LogP contribution is -2.11. The predicted octanol–water partition coefficient (Wildman–Crippen LogP) is 1.76. The van der Waals surface area contributed by atoms with Crippen LogP contribution in [0.1, 0.15) is 5.56 Å². The van der Waals surface area contributed by atoms with Crippen LogP contribution in [-0.2, 0) is 0 Å². The van der Waals surface area contributed by atoms with Crippen LogP contribution in [0.25, 0.3) is 11.3 Å². The molecular formula is C13H14N2O3. The highest BCUT2D eigenvalue weighted by Crippen LogP contribution is 2.31. The van der Waals surface area contributed by atoms with E-state index < -0.39 is 0 Å². The molecule has 0 unspecified atom stereocenters. The van der Waals surface area contributed by atoms with Crippen molar-refractivity contribution in [2.45, 2.75) is 6.92 Å². The molecule has 0 amide bonds. The minimum atomic E-state index is -0.370. The molecule has 0 aliphatic rings. The monoisotopic (exact) mass is 246 g/mol. The maximum atomic E-state index is 11.3. The van der Waals surface area contributed by atoms with Crippen LogP contribution in [0, 0.1) is 6.92 Å². The van der Waals surface area contributed by atoms with Crippen molar-refractivity contribution in [3.8, 4) is 22.8 Å². The molecule has 0 aliphatic heterocycles. The first-order chi connectivity index (χ1) is 8.65. The zero-order chi connectivity index (χ0) is 13.1. The van der Waals surface area contributed by atoms with Crippen molar-refractivity contribution in [2.24, 2.45) is 0 Å². The molecule has 1 aromatic carbocycles. The molecule has 0 bridgehead atoms. The Morgan fingerprint density at radius 2 is 1.89 bits per heavy atom. The number of hydrogen-bond acceptors (Lipinski definition) is 4. The summed E-state index contributed by atoms with van der Waals surface area (Å²) in [7, 11) is 3.15. The smallest absolute Gasteiger partial charge is 0.345 e. The summed E-state index contributed by atoms with van der Waals surface area (Å²) in [5.41, 5.74) is 2.10. The van der Waals surface area contributed by atoms with E-state index in [4.69, 9.17) is 9.47 Å². The Morgan fingerprint density at radius 3 is 2.56 bits per heavy atom. The number of aryl methyl sites for hydroxylation is 1. The van der Waals surface area contributed by atoms with Gasteiger partial charge in [-0.2, -0.15) is 0 Å². The Labute approximate surface area is 104 Å². The van der Waals surface area contributed by atoms with Gasteiger partial charge in [-0.15, -0.1) is 0 Å². The molecule has 0 radical (unpaired) electrons. The number of nitrogens with one attached hydrogen (secondary N) is 1. The summed E-state index contributed by atoms with van der Waals surface area (Å²) in [6.07, 6.45) is 1.55. The summed E-state index contributed by atoms with van der Waals surface area (Å²) < 4.78 is 10.4. The summed E-state index contributed by atoms with van der Waals surface area (Å²) in [6, 6.07) is 5.48. The van der Waals surface area contributed by atoms with Crippen LogP contribution in [0.15, 0.2) is 29.2 Å². The second-order valence-corrected chi connectivity index (χ2v) is 3.82. The van der Waals surface area contributed by atoms with Crippen LogP contribution >= 0.6 is 0 Å². The third-order valence-corrected chi connectivity index (χ3v) is 2.67.